The minimum absolute atomic E-state index is 0.232. The first-order chi connectivity index (χ1) is 8.46. The Morgan fingerprint density at radius 3 is 2.56 bits per heavy atom. The quantitative estimate of drug-likeness (QED) is 0.800. The second kappa shape index (κ2) is 7.26. The Morgan fingerprint density at radius 1 is 1.33 bits per heavy atom. The normalized spacial score (nSPS) is 14.0. The van der Waals surface area contributed by atoms with Crippen LogP contribution in [0.25, 0.3) is 0 Å². The van der Waals surface area contributed by atoms with Crippen molar-refractivity contribution in [1.29, 1.82) is 0 Å². The molecule has 0 aliphatic heterocycles. The predicted molar refractivity (Wildman–Crippen MR) is 78.8 cm³/mol. The van der Waals surface area contributed by atoms with Gasteiger partial charge in [-0.1, -0.05) is 26.8 Å². The zero-order chi connectivity index (χ0) is 13.6. The van der Waals surface area contributed by atoms with Crippen molar-refractivity contribution in [2.24, 2.45) is 5.92 Å². The van der Waals surface area contributed by atoms with Crippen molar-refractivity contribution in [2.45, 2.75) is 33.2 Å². The number of thiophene rings is 1. The molecule has 0 aliphatic carbocycles. The fourth-order valence-corrected chi connectivity index (χ4v) is 4.14. The molecule has 0 radical (unpaired) electrons. The maximum atomic E-state index is 11.6. The zero-order valence-corrected chi connectivity index (χ0v) is 13.0. The lowest BCUT2D eigenvalue weighted by Gasteiger charge is -2.21. The van der Waals surface area contributed by atoms with Crippen molar-refractivity contribution in [3.8, 4) is 0 Å². The number of sulfone groups is 1. The second-order valence-corrected chi connectivity index (χ2v) is 8.13. The van der Waals surface area contributed by atoms with Crippen molar-refractivity contribution in [3.05, 3.63) is 22.4 Å². The average Bonchev–Trinajstić information content (AvgIpc) is 2.76. The summed E-state index contributed by atoms with van der Waals surface area (Å²) < 4.78 is 23.3. The van der Waals surface area contributed by atoms with Crippen LogP contribution in [0.4, 0.5) is 0 Å². The summed E-state index contributed by atoms with van der Waals surface area (Å²) in [5.41, 5.74) is 0. The summed E-state index contributed by atoms with van der Waals surface area (Å²) in [4.78, 5) is 1.28. The van der Waals surface area contributed by atoms with E-state index in [1.54, 1.807) is 11.3 Å². The van der Waals surface area contributed by atoms with Gasteiger partial charge in [0.1, 0.15) is 0 Å². The molecule has 0 fully saturated rings. The van der Waals surface area contributed by atoms with Gasteiger partial charge in [0, 0.05) is 23.2 Å². The van der Waals surface area contributed by atoms with E-state index in [2.05, 4.69) is 30.6 Å². The van der Waals surface area contributed by atoms with Crippen LogP contribution in [0.5, 0.6) is 0 Å². The Bertz CT molecular complexity index is 424. The van der Waals surface area contributed by atoms with Crippen LogP contribution in [0.3, 0.4) is 0 Å². The lowest BCUT2D eigenvalue weighted by Crippen LogP contribution is -2.30. The van der Waals surface area contributed by atoms with Gasteiger partial charge in [-0.15, -0.1) is 11.3 Å². The van der Waals surface area contributed by atoms with Gasteiger partial charge in [-0.2, -0.15) is 0 Å². The number of rotatable bonds is 8. The minimum atomic E-state index is -2.88. The molecule has 5 heteroatoms. The van der Waals surface area contributed by atoms with Gasteiger partial charge in [0.05, 0.1) is 5.75 Å². The van der Waals surface area contributed by atoms with E-state index in [0.717, 1.165) is 0 Å². The van der Waals surface area contributed by atoms with Gasteiger partial charge in [-0.25, -0.2) is 8.42 Å². The third-order valence-corrected chi connectivity index (χ3v) is 5.62. The third-order valence-electron chi connectivity index (χ3n) is 2.81. The molecule has 3 nitrogen and oxygen atoms in total. The van der Waals surface area contributed by atoms with E-state index < -0.39 is 9.84 Å². The van der Waals surface area contributed by atoms with E-state index in [4.69, 9.17) is 0 Å². The molecule has 0 bridgehead atoms. The molecule has 0 saturated heterocycles. The highest BCUT2D eigenvalue weighted by atomic mass is 32.2. The number of nitrogens with one attached hydrogen (secondary N) is 1. The summed E-state index contributed by atoms with van der Waals surface area (Å²) in [5, 5.41) is 5.42. The first kappa shape index (κ1) is 15.7. The Morgan fingerprint density at radius 2 is 2.06 bits per heavy atom. The molecule has 1 atom stereocenters. The Kier molecular flexibility index (Phi) is 6.32. The van der Waals surface area contributed by atoms with Crippen molar-refractivity contribution in [2.75, 3.05) is 18.1 Å². The van der Waals surface area contributed by atoms with E-state index in [1.807, 2.05) is 13.0 Å². The minimum Gasteiger partial charge on any atom is -0.308 e. The molecule has 104 valence electrons. The van der Waals surface area contributed by atoms with Crippen molar-refractivity contribution >= 4 is 21.2 Å². The van der Waals surface area contributed by atoms with Crippen LogP contribution in [-0.4, -0.2) is 26.5 Å². The van der Waals surface area contributed by atoms with E-state index in [9.17, 15) is 8.42 Å². The summed E-state index contributed by atoms with van der Waals surface area (Å²) in [7, 11) is -2.88. The smallest absolute Gasteiger partial charge is 0.151 e. The molecule has 1 aromatic heterocycles. The molecule has 18 heavy (non-hydrogen) atoms. The molecular weight excluding hydrogens is 266 g/mol. The predicted octanol–water partition coefficient (Wildman–Crippen LogP) is 2.86. The highest BCUT2D eigenvalue weighted by Crippen LogP contribution is 2.25. The SMILES string of the molecule is CCCS(=O)(=O)CCNC(c1cccs1)C(C)C. The molecule has 1 N–H and O–H groups in total. The van der Waals surface area contributed by atoms with Crippen LogP contribution < -0.4 is 5.32 Å². The largest absolute Gasteiger partial charge is 0.308 e. The maximum Gasteiger partial charge on any atom is 0.151 e. The molecule has 1 rings (SSSR count). The van der Waals surface area contributed by atoms with Gasteiger partial charge >= 0.3 is 0 Å². The molecule has 0 saturated carbocycles. The van der Waals surface area contributed by atoms with E-state index >= 15 is 0 Å². The van der Waals surface area contributed by atoms with Gasteiger partial charge < -0.3 is 5.32 Å². The van der Waals surface area contributed by atoms with E-state index in [1.165, 1.54) is 4.88 Å². The first-order valence-corrected chi connectivity index (χ1v) is 9.13. The molecule has 1 heterocycles. The summed E-state index contributed by atoms with van der Waals surface area (Å²) in [6.07, 6.45) is 0.695. The van der Waals surface area contributed by atoms with E-state index in [-0.39, 0.29) is 11.8 Å². The fourth-order valence-electron chi connectivity index (χ4n) is 1.92. The third kappa shape index (κ3) is 5.08. The molecule has 1 unspecified atom stereocenters. The number of hydrogen-bond donors (Lipinski definition) is 1. The Balaban J connectivity index is 2.50. The summed E-state index contributed by atoms with van der Waals surface area (Å²) in [5.74, 6) is 0.979. The first-order valence-electron chi connectivity index (χ1n) is 6.43. The van der Waals surface area contributed by atoms with E-state index in [0.29, 0.717) is 24.6 Å². The van der Waals surface area contributed by atoms with Crippen LogP contribution in [0.1, 0.15) is 38.1 Å². The molecule has 1 aromatic rings. The molecular formula is C13H23NO2S2. The van der Waals surface area contributed by atoms with Crippen LogP contribution >= 0.6 is 11.3 Å². The van der Waals surface area contributed by atoms with Crippen molar-refractivity contribution in [1.82, 2.24) is 5.32 Å². The standard InChI is InChI=1S/C13H23NO2S2/c1-4-9-18(15,16)10-7-14-13(11(2)3)12-6-5-8-17-12/h5-6,8,11,13-14H,4,7,9-10H2,1-3H3. The van der Waals surface area contributed by atoms with Gasteiger partial charge in [0.2, 0.25) is 0 Å². The maximum absolute atomic E-state index is 11.6. The molecule has 0 spiro atoms. The average molecular weight is 289 g/mol. The lowest BCUT2D eigenvalue weighted by atomic mass is 10.0. The lowest BCUT2D eigenvalue weighted by molar-refractivity contribution is 0.427. The van der Waals surface area contributed by atoms with Crippen molar-refractivity contribution in [3.63, 3.8) is 0 Å². The molecule has 0 amide bonds. The second-order valence-electron chi connectivity index (χ2n) is 4.84. The fraction of sp³-hybridized carbons (Fsp3) is 0.692. The summed E-state index contributed by atoms with van der Waals surface area (Å²) >= 11 is 1.72. The van der Waals surface area contributed by atoms with Gasteiger partial charge in [-0.05, 0) is 23.8 Å². The zero-order valence-electron chi connectivity index (χ0n) is 11.3. The van der Waals surface area contributed by atoms with Crippen LogP contribution in [0, 0.1) is 5.92 Å². The highest BCUT2D eigenvalue weighted by Gasteiger charge is 2.17. The van der Waals surface area contributed by atoms with Gasteiger partial charge in [-0.3, -0.25) is 0 Å². The van der Waals surface area contributed by atoms with Crippen LogP contribution in [0.2, 0.25) is 0 Å². The van der Waals surface area contributed by atoms with Crippen LogP contribution in [0.15, 0.2) is 17.5 Å². The molecule has 0 aliphatic rings. The van der Waals surface area contributed by atoms with Crippen LogP contribution in [-0.2, 0) is 9.84 Å². The topological polar surface area (TPSA) is 46.2 Å². The highest BCUT2D eigenvalue weighted by molar-refractivity contribution is 7.91. The number of hydrogen-bond acceptors (Lipinski definition) is 4. The monoisotopic (exact) mass is 289 g/mol. The summed E-state index contributed by atoms with van der Waals surface area (Å²) in [6, 6.07) is 4.38. The van der Waals surface area contributed by atoms with Gasteiger partial charge in [0.15, 0.2) is 9.84 Å². The van der Waals surface area contributed by atoms with Gasteiger partial charge in [0.25, 0.3) is 0 Å². The van der Waals surface area contributed by atoms with Crippen molar-refractivity contribution < 1.29 is 8.42 Å². The Hall–Kier alpha value is -0.390. The summed E-state index contributed by atoms with van der Waals surface area (Å²) in [6.45, 7) is 6.73. The Labute approximate surface area is 115 Å². The molecule has 0 aromatic carbocycles.